The van der Waals surface area contributed by atoms with Gasteiger partial charge in [-0.1, -0.05) is 12.2 Å². The molecule has 102 valence electrons. The molecule has 0 aromatic rings. The van der Waals surface area contributed by atoms with E-state index in [0.717, 1.165) is 0 Å². The first kappa shape index (κ1) is 16.3. The summed E-state index contributed by atoms with van der Waals surface area (Å²) >= 11 is 0. The normalized spacial score (nSPS) is 13.6. The average molecular weight is 258 g/mol. The predicted molar refractivity (Wildman–Crippen MR) is 64.4 cm³/mol. The third-order valence-electron chi connectivity index (χ3n) is 2.03. The molecular weight excluding hydrogens is 240 g/mol. The summed E-state index contributed by atoms with van der Waals surface area (Å²) in [5, 5.41) is 32.7. The number of amides is 2. The van der Waals surface area contributed by atoms with Crippen molar-refractivity contribution in [2.45, 2.75) is 18.3 Å². The fourth-order valence-electron chi connectivity index (χ4n) is 1.04. The Balaban J connectivity index is 4.37. The van der Waals surface area contributed by atoms with E-state index in [4.69, 9.17) is 0 Å². The first-order valence-electron chi connectivity index (χ1n) is 5.27. The topological polar surface area (TPSA) is 119 Å². The molecule has 18 heavy (non-hydrogen) atoms. The van der Waals surface area contributed by atoms with E-state index in [2.05, 4.69) is 23.8 Å². The molecular formula is C11H18N2O5. The summed E-state index contributed by atoms with van der Waals surface area (Å²) < 4.78 is 0. The van der Waals surface area contributed by atoms with Crippen molar-refractivity contribution in [3.63, 3.8) is 0 Å². The van der Waals surface area contributed by atoms with Crippen LogP contribution in [0.2, 0.25) is 0 Å². The quantitative estimate of drug-likeness (QED) is 0.313. The number of aliphatic hydroxyl groups excluding tert-OH is 3. The lowest BCUT2D eigenvalue weighted by Crippen LogP contribution is -2.52. The van der Waals surface area contributed by atoms with E-state index < -0.39 is 30.1 Å². The van der Waals surface area contributed by atoms with E-state index in [0.29, 0.717) is 0 Å². The van der Waals surface area contributed by atoms with Gasteiger partial charge in [0.2, 0.25) is 0 Å². The molecule has 0 aliphatic carbocycles. The summed E-state index contributed by atoms with van der Waals surface area (Å²) in [6.07, 6.45) is -2.97. The number of rotatable bonds is 8. The highest BCUT2D eigenvalue weighted by atomic mass is 16.4. The van der Waals surface area contributed by atoms with Crippen LogP contribution in [0.25, 0.3) is 0 Å². The Morgan fingerprint density at radius 2 is 1.28 bits per heavy atom. The molecule has 5 N–H and O–H groups in total. The zero-order valence-corrected chi connectivity index (χ0v) is 9.87. The molecule has 7 heteroatoms. The molecule has 0 heterocycles. The first-order valence-corrected chi connectivity index (χ1v) is 5.27. The summed E-state index contributed by atoms with van der Waals surface area (Å²) in [6.45, 7) is 6.90. The number of nitrogens with one attached hydrogen (secondary N) is 2. The van der Waals surface area contributed by atoms with Gasteiger partial charge in [0.15, 0.2) is 12.2 Å². The van der Waals surface area contributed by atoms with E-state index >= 15 is 0 Å². The standard InChI is InChI=1S/C11H18N2O5/c1-3-5-12-10(17)8(15)7(14)9(16)11(18)13-6-4-2/h3-4,7-9,14-16H,1-2,5-6H2,(H,12,17)(H,13,18)/t8-,9-/m1/s1. The van der Waals surface area contributed by atoms with Crippen molar-refractivity contribution in [3.05, 3.63) is 25.3 Å². The Bertz CT molecular complexity index is 289. The average Bonchev–Trinajstić information content (AvgIpc) is 2.39. The smallest absolute Gasteiger partial charge is 0.251 e. The molecule has 7 nitrogen and oxygen atoms in total. The second-order valence-electron chi connectivity index (χ2n) is 3.45. The van der Waals surface area contributed by atoms with Gasteiger partial charge in [0.25, 0.3) is 11.8 Å². The van der Waals surface area contributed by atoms with E-state index in [-0.39, 0.29) is 13.1 Å². The fourth-order valence-corrected chi connectivity index (χ4v) is 1.04. The van der Waals surface area contributed by atoms with Gasteiger partial charge in [0.05, 0.1) is 0 Å². The largest absolute Gasteiger partial charge is 0.387 e. The van der Waals surface area contributed by atoms with E-state index in [1.165, 1.54) is 12.2 Å². The van der Waals surface area contributed by atoms with Gasteiger partial charge in [-0.25, -0.2) is 0 Å². The zero-order valence-electron chi connectivity index (χ0n) is 9.87. The van der Waals surface area contributed by atoms with Crippen LogP contribution in [0.15, 0.2) is 25.3 Å². The van der Waals surface area contributed by atoms with Gasteiger partial charge < -0.3 is 26.0 Å². The molecule has 2 amide bonds. The van der Waals surface area contributed by atoms with E-state index in [9.17, 15) is 24.9 Å². The second-order valence-corrected chi connectivity index (χ2v) is 3.45. The summed E-state index contributed by atoms with van der Waals surface area (Å²) in [7, 11) is 0. The molecule has 0 radical (unpaired) electrons. The van der Waals surface area contributed by atoms with E-state index in [1.54, 1.807) is 0 Å². The maximum atomic E-state index is 11.3. The van der Waals surface area contributed by atoms with Crippen LogP contribution in [0.4, 0.5) is 0 Å². The Kier molecular flexibility index (Phi) is 7.61. The van der Waals surface area contributed by atoms with Crippen LogP contribution in [0.5, 0.6) is 0 Å². The first-order chi connectivity index (χ1) is 8.45. The molecule has 0 saturated heterocycles. The lowest BCUT2D eigenvalue weighted by atomic mass is 10.1. The molecule has 0 spiro atoms. The predicted octanol–water partition coefficient (Wildman–Crippen LogP) is -2.33. The highest BCUT2D eigenvalue weighted by Gasteiger charge is 2.33. The molecule has 0 saturated carbocycles. The van der Waals surface area contributed by atoms with Crippen molar-refractivity contribution in [1.29, 1.82) is 0 Å². The number of aliphatic hydroxyl groups is 3. The number of hydrogen-bond donors (Lipinski definition) is 5. The highest BCUT2D eigenvalue weighted by molar-refractivity contribution is 5.85. The van der Waals surface area contributed by atoms with Gasteiger partial charge in [-0.05, 0) is 0 Å². The minimum absolute atomic E-state index is 0.0986. The number of carbonyl (C=O) groups is 2. The van der Waals surface area contributed by atoms with Gasteiger partial charge >= 0.3 is 0 Å². The second kappa shape index (κ2) is 8.40. The van der Waals surface area contributed by atoms with Crippen molar-refractivity contribution in [1.82, 2.24) is 10.6 Å². The minimum atomic E-state index is -1.92. The molecule has 0 aliphatic heterocycles. The Labute approximate surface area is 105 Å². The monoisotopic (exact) mass is 258 g/mol. The lowest BCUT2D eigenvalue weighted by Gasteiger charge is -2.21. The maximum Gasteiger partial charge on any atom is 0.251 e. The number of carbonyl (C=O) groups excluding carboxylic acids is 2. The minimum Gasteiger partial charge on any atom is -0.387 e. The molecule has 2 atom stereocenters. The highest BCUT2D eigenvalue weighted by Crippen LogP contribution is 2.01. The molecule has 0 rings (SSSR count). The SMILES string of the molecule is C=CCNC(=O)[C@H](O)C(O)[C@@H](O)C(=O)NCC=C. The lowest BCUT2D eigenvalue weighted by molar-refractivity contribution is -0.148. The summed E-state index contributed by atoms with van der Waals surface area (Å²) in [5.74, 6) is -1.81. The number of hydrogen-bond acceptors (Lipinski definition) is 5. The van der Waals surface area contributed by atoms with Crippen molar-refractivity contribution in [3.8, 4) is 0 Å². The van der Waals surface area contributed by atoms with Gasteiger partial charge in [0, 0.05) is 13.1 Å². The van der Waals surface area contributed by atoms with Crippen LogP contribution in [-0.4, -0.2) is 58.5 Å². The van der Waals surface area contributed by atoms with Gasteiger partial charge in [-0.15, -0.1) is 13.2 Å². The molecule has 0 bridgehead atoms. The Morgan fingerprint density at radius 3 is 1.56 bits per heavy atom. The zero-order chi connectivity index (χ0) is 14.1. The third kappa shape index (κ3) is 5.09. The Hall–Kier alpha value is -1.70. The third-order valence-corrected chi connectivity index (χ3v) is 2.03. The van der Waals surface area contributed by atoms with Crippen LogP contribution in [0, 0.1) is 0 Å². The van der Waals surface area contributed by atoms with Gasteiger partial charge in [0.1, 0.15) is 6.10 Å². The van der Waals surface area contributed by atoms with Gasteiger partial charge in [-0.3, -0.25) is 9.59 Å². The van der Waals surface area contributed by atoms with Crippen molar-refractivity contribution in [2.75, 3.05) is 13.1 Å². The van der Waals surface area contributed by atoms with Crippen molar-refractivity contribution < 1.29 is 24.9 Å². The van der Waals surface area contributed by atoms with Crippen LogP contribution < -0.4 is 10.6 Å². The molecule has 0 aliphatic rings. The van der Waals surface area contributed by atoms with Crippen LogP contribution in [0.1, 0.15) is 0 Å². The van der Waals surface area contributed by atoms with E-state index in [1.807, 2.05) is 0 Å². The van der Waals surface area contributed by atoms with Crippen molar-refractivity contribution in [2.24, 2.45) is 0 Å². The molecule has 0 aromatic carbocycles. The maximum absolute atomic E-state index is 11.3. The van der Waals surface area contributed by atoms with Gasteiger partial charge in [-0.2, -0.15) is 0 Å². The molecule has 0 aromatic heterocycles. The van der Waals surface area contributed by atoms with Crippen molar-refractivity contribution >= 4 is 11.8 Å². The summed E-state index contributed by atoms with van der Waals surface area (Å²) in [6, 6.07) is 0. The summed E-state index contributed by atoms with van der Waals surface area (Å²) in [5.41, 5.74) is 0. The van der Waals surface area contributed by atoms with Crippen LogP contribution in [-0.2, 0) is 9.59 Å². The molecule has 0 unspecified atom stereocenters. The molecule has 0 fully saturated rings. The fraction of sp³-hybridized carbons (Fsp3) is 0.455. The summed E-state index contributed by atoms with van der Waals surface area (Å²) in [4.78, 5) is 22.5. The van der Waals surface area contributed by atoms with Crippen LogP contribution in [0.3, 0.4) is 0 Å². The Morgan fingerprint density at radius 1 is 0.944 bits per heavy atom. The van der Waals surface area contributed by atoms with Crippen LogP contribution >= 0.6 is 0 Å².